The van der Waals surface area contributed by atoms with Crippen molar-refractivity contribution in [3.05, 3.63) is 52.2 Å². The summed E-state index contributed by atoms with van der Waals surface area (Å²) in [5, 5.41) is 4.74. The molecule has 0 spiro atoms. The fourth-order valence-electron chi connectivity index (χ4n) is 2.82. The number of sulfonamides is 1. The summed E-state index contributed by atoms with van der Waals surface area (Å²) in [4.78, 5) is 15.0. The van der Waals surface area contributed by atoms with E-state index in [1.54, 1.807) is 22.5 Å². The molecule has 0 radical (unpaired) electrons. The van der Waals surface area contributed by atoms with Crippen LogP contribution in [0.2, 0.25) is 0 Å². The van der Waals surface area contributed by atoms with E-state index < -0.39 is 10.0 Å². The second kappa shape index (κ2) is 8.30. The van der Waals surface area contributed by atoms with Gasteiger partial charge in [0.1, 0.15) is 0 Å². The Hall–Kier alpha value is -1.74. The molecule has 0 aliphatic carbocycles. The average Bonchev–Trinajstić information content (AvgIpc) is 3.17. The predicted molar refractivity (Wildman–Crippen MR) is 103 cm³/mol. The first-order valence-electron chi connectivity index (χ1n) is 8.56. The van der Waals surface area contributed by atoms with Gasteiger partial charge in [-0.2, -0.15) is 4.31 Å². The Morgan fingerprint density at radius 1 is 1.12 bits per heavy atom. The Morgan fingerprint density at radius 2 is 1.81 bits per heavy atom. The standard InChI is InChI=1S/C18H23N3O3S2/c1-20-10-12-21(13-11-20)26(23,24)16-6-4-15(5-7-16)8-9-19-18(22)17-3-2-14-25-17/h2-7,14H,8-13H2,1H3,(H,19,22). The van der Waals surface area contributed by atoms with E-state index in [2.05, 4.69) is 10.2 Å². The Bertz CT molecular complexity index is 825. The second-order valence-corrected chi connectivity index (χ2v) is 9.22. The number of amides is 1. The van der Waals surface area contributed by atoms with Crippen LogP contribution in [0, 0.1) is 0 Å². The lowest BCUT2D eigenvalue weighted by Gasteiger charge is -2.31. The van der Waals surface area contributed by atoms with Crippen molar-refractivity contribution in [1.29, 1.82) is 0 Å². The molecule has 140 valence electrons. The lowest BCUT2D eigenvalue weighted by Crippen LogP contribution is -2.46. The number of nitrogens with one attached hydrogen (secondary N) is 1. The molecule has 2 heterocycles. The van der Waals surface area contributed by atoms with E-state index in [-0.39, 0.29) is 5.91 Å². The first-order chi connectivity index (χ1) is 12.5. The molecule has 1 aliphatic heterocycles. The van der Waals surface area contributed by atoms with Crippen molar-refractivity contribution in [1.82, 2.24) is 14.5 Å². The molecular formula is C18H23N3O3S2. The maximum absolute atomic E-state index is 12.7. The van der Waals surface area contributed by atoms with Gasteiger partial charge in [-0.15, -0.1) is 11.3 Å². The van der Waals surface area contributed by atoms with Crippen molar-refractivity contribution in [2.75, 3.05) is 39.8 Å². The average molecular weight is 394 g/mol. The summed E-state index contributed by atoms with van der Waals surface area (Å²) in [6, 6.07) is 10.6. The van der Waals surface area contributed by atoms with Crippen LogP contribution in [0.15, 0.2) is 46.7 Å². The Morgan fingerprint density at radius 3 is 2.42 bits per heavy atom. The number of hydrogen-bond donors (Lipinski definition) is 1. The van der Waals surface area contributed by atoms with E-state index in [4.69, 9.17) is 0 Å². The van der Waals surface area contributed by atoms with Gasteiger partial charge in [-0.25, -0.2) is 8.42 Å². The van der Waals surface area contributed by atoms with E-state index in [9.17, 15) is 13.2 Å². The molecule has 26 heavy (non-hydrogen) atoms. The van der Waals surface area contributed by atoms with Crippen molar-refractivity contribution in [3.63, 3.8) is 0 Å². The van der Waals surface area contributed by atoms with Crippen LogP contribution in [0.25, 0.3) is 0 Å². The van der Waals surface area contributed by atoms with Crippen LogP contribution in [-0.4, -0.2) is 63.3 Å². The van der Waals surface area contributed by atoms with Crippen LogP contribution in [0.5, 0.6) is 0 Å². The number of thiophene rings is 1. The third kappa shape index (κ3) is 4.50. The largest absolute Gasteiger partial charge is 0.351 e. The van der Waals surface area contributed by atoms with Gasteiger partial charge in [-0.05, 0) is 42.6 Å². The third-order valence-electron chi connectivity index (χ3n) is 4.47. The number of carbonyl (C=O) groups is 1. The zero-order valence-electron chi connectivity index (χ0n) is 14.7. The van der Waals surface area contributed by atoms with Gasteiger partial charge in [0.2, 0.25) is 10.0 Å². The van der Waals surface area contributed by atoms with Crippen molar-refractivity contribution >= 4 is 27.3 Å². The molecule has 8 heteroatoms. The molecule has 6 nitrogen and oxygen atoms in total. The minimum atomic E-state index is -3.43. The number of carbonyl (C=O) groups excluding carboxylic acids is 1. The van der Waals surface area contributed by atoms with E-state index in [0.29, 0.717) is 35.8 Å². The molecule has 2 aromatic rings. The molecule has 0 unspecified atom stereocenters. The van der Waals surface area contributed by atoms with E-state index in [1.165, 1.54) is 11.3 Å². The molecule has 1 aromatic carbocycles. The van der Waals surface area contributed by atoms with Crippen molar-refractivity contribution in [2.45, 2.75) is 11.3 Å². The summed E-state index contributed by atoms with van der Waals surface area (Å²) >= 11 is 1.41. The SMILES string of the molecule is CN1CCN(S(=O)(=O)c2ccc(CCNC(=O)c3cccs3)cc2)CC1. The number of likely N-dealkylation sites (N-methyl/N-ethyl adjacent to an activating group) is 1. The normalized spacial score (nSPS) is 16.5. The highest BCUT2D eigenvalue weighted by atomic mass is 32.2. The predicted octanol–water partition coefficient (Wildman–Crippen LogP) is 1.66. The van der Waals surface area contributed by atoms with Crippen LogP contribution in [0.1, 0.15) is 15.2 Å². The minimum absolute atomic E-state index is 0.0748. The Labute approximate surface area is 158 Å². The monoisotopic (exact) mass is 393 g/mol. The fourth-order valence-corrected chi connectivity index (χ4v) is 4.88. The van der Waals surface area contributed by atoms with Gasteiger partial charge in [0.25, 0.3) is 5.91 Å². The lowest BCUT2D eigenvalue weighted by molar-refractivity contribution is 0.0958. The van der Waals surface area contributed by atoms with E-state index in [0.717, 1.165) is 18.7 Å². The van der Waals surface area contributed by atoms with Crippen molar-refractivity contribution in [3.8, 4) is 0 Å². The Balaban J connectivity index is 1.55. The van der Waals surface area contributed by atoms with Gasteiger partial charge in [0.15, 0.2) is 0 Å². The van der Waals surface area contributed by atoms with E-state index in [1.807, 2.05) is 30.6 Å². The van der Waals surface area contributed by atoms with Crippen LogP contribution in [-0.2, 0) is 16.4 Å². The molecule has 1 fully saturated rings. The van der Waals surface area contributed by atoms with Gasteiger partial charge >= 0.3 is 0 Å². The molecule has 0 saturated carbocycles. The highest BCUT2D eigenvalue weighted by molar-refractivity contribution is 7.89. The smallest absolute Gasteiger partial charge is 0.261 e. The number of rotatable bonds is 6. The maximum atomic E-state index is 12.7. The number of nitrogens with zero attached hydrogens (tertiary/aromatic N) is 2. The molecule has 0 bridgehead atoms. The zero-order chi connectivity index (χ0) is 18.6. The van der Waals surface area contributed by atoms with Crippen LogP contribution < -0.4 is 5.32 Å². The maximum Gasteiger partial charge on any atom is 0.261 e. The fraction of sp³-hybridized carbons (Fsp3) is 0.389. The highest BCUT2D eigenvalue weighted by Crippen LogP contribution is 2.18. The zero-order valence-corrected chi connectivity index (χ0v) is 16.4. The molecule has 1 aliphatic rings. The summed E-state index contributed by atoms with van der Waals surface area (Å²) in [5.74, 6) is -0.0748. The minimum Gasteiger partial charge on any atom is -0.351 e. The Kier molecular flexibility index (Phi) is 6.08. The van der Waals surface area contributed by atoms with Crippen LogP contribution in [0.3, 0.4) is 0 Å². The highest BCUT2D eigenvalue weighted by Gasteiger charge is 2.27. The quantitative estimate of drug-likeness (QED) is 0.810. The topological polar surface area (TPSA) is 69.7 Å². The summed E-state index contributed by atoms with van der Waals surface area (Å²) in [6.07, 6.45) is 0.659. The molecular weight excluding hydrogens is 370 g/mol. The van der Waals surface area contributed by atoms with Gasteiger partial charge in [0, 0.05) is 32.7 Å². The summed E-state index contributed by atoms with van der Waals surface area (Å²) in [5.41, 5.74) is 0.994. The summed E-state index contributed by atoms with van der Waals surface area (Å²) < 4.78 is 26.9. The summed E-state index contributed by atoms with van der Waals surface area (Å²) in [7, 11) is -1.43. The molecule has 1 N–H and O–H groups in total. The second-order valence-electron chi connectivity index (χ2n) is 6.33. The first kappa shape index (κ1) is 19.0. The molecule has 1 aromatic heterocycles. The van der Waals surface area contributed by atoms with Gasteiger partial charge in [-0.3, -0.25) is 4.79 Å². The van der Waals surface area contributed by atoms with Crippen molar-refractivity contribution < 1.29 is 13.2 Å². The molecule has 0 atom stereocenters. The molecule has 3 rings (SSSR count). The third-order valence-corrected chi connectivity index (χ3v) is 7.25. The number of benzene rings is 1. The van der Waals surface area contributed by atoms with Gasteiger partial charge in [-0.1, -0.05) is 18.2 Å². The molecule has 1 amide bonds. The molecule has 1 saturated heterocycles. The van der Waals surface area contributed by atoms with Crippen LogP contribution >= 0.6 is 11.3 Å². The first-order valence-corrected chi connectivity index (χ1v) is 10.9. The van der Waals surface area contributed by atoms with Crippen LogP contribution in [0.4, 0.5) is 0 Å². The van der Waals surface area contributed by atoms with Gasteiger partial charge in [0.05, 0.1) is 9.77 Å². The number of hydrogen-bond acceptors (Lipinski definition) is 5. The number of piperazine rings is 1. The summed E-state index contributed by atoms with van der Waals surface area (Å²) in [6.45, 7) is 3.06. The van der Waals surface area contributed by atoms with Gasteiger partial charge < -0.3 is 10.2 Å². The van der Waals surface area contributed by atoms with E-state index >= 15 is 0 Å². The lowest BCUT2D eigenvalue weighted by atomic mass is 10.1. The van der Waals surface area contributed by atoms with Crippen molar-refractivity contribution in [2.24, 2.45) is 0 Å².